The van der Waals surface area contributed by atoms with Gasteiger partial charge >= 0.3 is 0 Å². The van der Waals surface area contributed by atoms with E-state index < -0.39 is 0 Å². The Balaban J connectivity index is 2.05. The maximum atomic E-state index is 11.6. The molecule has 0 aromatic carbocycles. The number of carbonyl (C=O) groups excluding carboxylic acids is 2. The Hall–Kier alpha value is -1.91. The molecule has 1 N–H and O–H groups in total. The first kappa shape index (κ1) is 13.5. The molecule has 0 bridgehead atoms. The number of ketones is 1. The zero-order chi connectivity index (χ0) is 13.8. The molecule has 1 aliphatic rings. The van der Waals surface area contributed by atoms with Gasteiger partial charge in [0.1, 0.15) is 5.82 Å². The van der Waals surface area contributed by atoms with Crippen LogP contribution in [0.1, 0.15) is 37.0 Å². The summed E-state index contributed by atoms with van der Waals surface area (Å²) in [5.41, 5.74) is 0.667. The van der Waals surface area contributed by atoms with Gasteiger partial charge in [0.25, 0.3) is 0 Å². The van der Waals surface area contributed by atoms with Gasteiger partial charge in [-0.3, -0.25) is 9.59 Å². The SMILES string of the molecule is CC(=O)NC1CCN(c2ncccc2C(C)=O)CC1. The highest BCUT2D eigenvalue weighted by molar-refractivity contribution is 5.98. The molecule has 2 rings (SSSR count). The van der Waals surface area contributed by atoms with Crippen molar-refractivity contribution in [3.8, 4) is 0 Å². The largest absolute Gasteiger partial charge is 0.356 e. The molecule has 1 aromatic heterocycles. The van der Waals surface area contributed by atoms with E-state index >= 15 is 0 Å². The summed E-state index contributed by atoms with van der Waals surface area (Å²) in [6.07, 6.45) is 3.47. The standard InChI is InChI=1S/C14H19N3O2/c1-10(18)13-4-3-7-15-14(13)17-8-5-12(6-9-17)16-11(2)19/h3-4,7,12H,5-6,8-9H2,1-2H3,(H,16,19). The molecule has 19 heavy (non-hydrogen) atoms. The molecule has 0 saturated carbocycles. The monoisotopic (exact) mass is 261 g/mol. The molecule has 0 spiro atoms. The second-order valence-electron chi connectivity index (χ2n) is 4.89. The van der Waals surface area contributed by atoms with E-state index in [1.807, 2.05) is 6.07 Å². The second-order valence-corrected chi connectivity index (χ2v) is 4.89. The number of amides is 1. The van der Waals surface area contributed by atoms with Gasteiger partial charge in [0.15, 0.2) is 5.78 Å². The third kappa shape index (κ3) is 3.30. The lowest BCUT2D eigenvalue weighted by Crippen LogP contribution is -2.44. The number of pyridine rings is 1. The highest BCUT2D eigenvalue weighted by Crippen LogP contribution is 2.22. The number of carbonyl (C=O) groups is 2. The number of aromatic nitrogens is 1. The Morgan fingerprint density at radius 2 is 2.00 bits per heavy atom. The number of piperidine rings is 1. The molecule has 5 heteroatoms. The normalized spacial score (nSPS) is 16.2. The Labute approximate surface area is 113 Å². The van der Waals surface area contributed by atoms with Crippen LogP contribution in [-0.2, 0) is 4.79 Å². The number of nitrogens with zero attached hydrogens (tertiary/aromatic N) is 2. The zero-order valence-electron chi connectivity index (χ0n) is 11.3. The van der Waals surface area contributed by atoms with E-state index in [1.165, 1.54) is 0 Å². The van der Waals surface area contributed by atoms with E-state index in [1.54, 1.807) is 26.1 Å². The van der Waals surface area contributed by atoms with Crippen molar-refractivity contribution in [2.24, 2.45) is 0 Å². The van der Waals surface area contributed by atoms with Gasteiger partial charge in [0.2, 0.25) is 5.91 Å². The lowest BCUT2D eigenvalue weighted by Gasteiger charge is -2.33. The van der Waals surface area contributed by atoms with Crippen LogP contribution in [0.4, 0.5) is 5.82 Å². The molecular formula is C14H19N3O2. The van der Waals surface area contributed by atoms with E-state index in [-0.39, 0.29) is 17.7 Å². The Morgan fingerprint density at radius 1 is 1.32 bits per heavy atom. The van der Waals surface area contributed by atoms with E-state index in [2.05, 4.69) is 15.2 Å². The molecule has 0 aliphatic carbocycles. The quantitative estimate of drug-likeness (QED) is 0.835. The van der Waals surface area contributed by atoms with E-state index in [4.69, 9.17) is 0 Å². The average Bonchev–Trinajstić information content (AvgIpc) is 2.39. The summed E-state index contributed by atoms with van der Waals surface area (Å²) in [7, 11) is 0. The molecule has 1 fully saturated rings. The van der Waals surface area contributed by atoms with E-state index in [0.29, 0.717) is 5.56 Å². The Morgan fingerprint density at radius 3 is 2.58 bits per heavy atom. The van der Waals surface area contributed by atoms with Crippen LogP contribution in [0, 0.1) is 0 Å². The molecule has 2 heterocycles. The molecule has 0 unspecified atom stereocenters. The predicted molar refractivity (Wildman–Crippen MR) is 73.3 cm³/mol. The van der Waals surface area contributed by atoms with Crippen molar-refractivity contribution < 1.29 is 9.59 Å². The topological polar surface area (TPSA) is 62.3 Å². The van der Waals surface area contributed by atoms with Crippen molar-refractivity contribution >= 4 is 17.5 Å². The minimum Gasteiger partial charge on any atom is -0.356 e. The highest BCUT2D eigenvalue weighted by Gasteiger charge is 2.22. The summed E-state index contributed by atoms with van der Waals surface area (Å²) in [6, 6.07) is 3.83. The number of anilines is 1. The van der Waals surface area contributed by atoms with Crippen LogP contribution >= 0.6 is 0 Å². The molecule has 0 atom stereocenters. The third-order valence-electron chi connectivity index (χ3n) is 3.37. The summed E-state index contributed by atoms with van der Waals surface area (Å²) in [5.74, 6) is 0.809. The average molecular weight is 261 g/mol. The van der Waals surface area contributed by atoms with Crippen molar-refractivity contribution in [2.75, 3.05) is 18.0 Å². The number of hydrogen-bond acceptors (Lipinski definition) is 4. The van der Waals surface area contributed by atoms with Gasteiger partial charge in [-0.15, -0.1) is 0 Å². The van der Waals surface area contributed by atoms with Crippen LogP contribution in [0.3, 0.4) is 0 Å². The summed E-state index contributed by atoms with van der Waals surface area (Å²) in [5, 5.41) is 2.94. The number of Topliss-reactive ketones (excluding diaryl/α,β-unsaturated/α-hetero) is 1. The van der Waals surface area contributed by atoms with Gasteiger partial charge in [-0.25, -0.2) is 4.98 Å². The van der Waals surface area contributed by atoms with Crippen molar-refractivity contribution in [1.82, 2.24) is 10.3 Å². The molecule has 102 valence electrons. The van der Waals surface area contributed by atoms with Gasteiger partial charge < -0.3 is 10.2 Å². The predicted octanol–water partition coefficient (Wildman–Crippen LogP) is 1.39. The minimum atomic E-state index is 0.0145. The fourth-order valence-electron chi connectivity index (χ4n) is 2.45. The van der Waals surface area contributed by atoms with Crippen molar-refractivity contribution in [1.29, 1.82) is 0 Å². The fraction of sp³-hybridized carbons (Fsp3) is 0.500. The lowest BCUT2D eigenvalue weighted by atomic mass is 10.0. The number of hydrogen-bond donors (Lipinski definition) is 1. The Kier molecular flexibility index (Phi) is 4.14. The fourth-order valence-corrected chi connectivity index (χ4v) is 2.45. The zero-order valence-corrected chi connectivity index (χ0v) is 11.3. The number of nitrogens with one attached hydrogen (secondary N) is 1. The molecular weight excluding hydrogens is 242 g/mol. The van der Waals surface area contributed by atoms with E-state index in [0.717, 1.165) is 31.7 Å². The maximum absolute atomic E-state index is 11.6. The van der Waals surface area contributed by atoms with Gasteiger partial charge in [-0.05, 0) is 31.9 Å². The van der Waals surface area contributed by atoms with E-state index in [9.17, 15) is 9.59 Å². The van der Waals surface area contributed by atoms with Gasteiger partial charge in [-0.1, -0.05) is 0 Å². The molecule has 0 radical (unpaired) electrons. The van der Waals surface area contributed by atoms with Gasteiger partial charge in [-0.2, -0.15) is 0 Å². The van der Waals surface area contributed by atoms with Crippen LogP contribution in [-0.4, -0.2) is 35.8 Å². The third-order valence-corrected chi connectivity index (χ3v) is 3.37. The minimum absolute atomic E-state index is 0.0145. The first-order valence-electron chi connectivity index (χ1n) is 6.56. The highest BCUT2D eigenvalue weighted by atomic mass is 16.1. The van der Waals surface area contributed by atoms with Crippen LogP contribution < -0.4 is 10.2 Å². The molecule has 5 nitrogen and oxygen atoms in total. The van der Waals surface area contributed by atoms with Crippen LogP contribution in [0.5, 0.6) is 0 Å². The lowest BCUT2D eigenvalue weighted by molar-refractivity contribution is -0.119. The maximum Gasteiger partial charge on any atom is 0.217 e. The van der Waals surface area contributed by atoms with Crippen LogP contribution in [0.15, 0.2) is 18.3 Å². The molecule has 1 saturated heterocycles. The molecule has 1 aromatic rings. The van der Waals surface area contributed by atoms with Crippen molar-refractivity contribution in [3.05, 3.63) is 23.9 Å². The summed E-state index contributed by atoms with van der Waals surface area (Å²) >= 11 is 0. The Bertz CT molecular complexity index is 479. The number of rotatable bonds is 3. The smallest absolute Gasteiger partial charge is 0.217 e. The molecule has 1 aliphatic heterocycles. The van der Waals surface area contributed by atoms with Crippen LogP contribution in [0.2, 0.25) is 0 Å². The first-order chi connectivity index (χ1) is 9.08. The van der Waals surface area contributed by atoms with Crippen molar-refractivity contribution in [2.45, 2.75) is 32.7 Å². The van der Waals surface area contributed by atoms with Crippen molar-refractivity contribution in [3.63, 3.8) is 0 Å². The second kappa shape index (κ2) is 5.82. The first-order valence-corrected chi connectivity index (χ1v) is 6.56. The van der Waals surface area contributed by atoms with Crippen LogP contribution in [0.25, 0.3) is 0 Å². The van der Waals surface area contributed by atoms with Gasteiger partial charge in [0.05, 0.1) is 5.56 Å². The summed E-state index contributed by atoms with van der Waals surface area (Å²) in [4.78, 5) is 29.1. The van der Waals surface area contributed by atoms with Gasteiger partial charge in [0, 0.05) is 32.3 Å². The summed E-state index contributed by atoms with van der Waals surface area (Å²) in [6.45, 7) is 4.72. The molecule has 1 amide bonds. The summed E-state index contributed by atoms with van der Waals surface area (Å²) < 4.78 is 0.